The number of anilines is 1. The van der Waals surface area contributed by atoms with E-state index in [2.05, 4.69) is 83.3 Å². The molecule has 1 unspecified atom stereocenters. The minimum atomic E-state index is 0.418. The number of benzene rings is 2. The number of aryl methyl sites for hydroxylation is 1. The van der Waals surface area contributed by atoms with Crippen LogP contribution in [0.4, 0.5) is 5.69 Å². The minimum Gasteiger partial charge on any atom is -0.383 e. The SMILES string of the molecule is CN=C(NCc1ccc(NCCOC)cc1)NCC(C)c1ccc(C)cc1. The van der Waals surface area contributed by atoms with Crippen molar-refractivity contribution in [3.8, 4) is 0 Å². The van der Waals surface area contributed by atoms with Crippen LogP contribution in [0.2, 0.25) is 0 Å². The number of rotatable bonds is 9. The first kappa shape index (κ1) is 20.8. The molecular weight excluding hydrogens is 336 g/mol. The number of nitrogens with zero attached hydrogens (tertiary/aromatic N) is 1. The van der Waals surface area contributed by atoms with Crippen LogP contribution in [0.3, 0.4) is 0 Å². The second kappa shape index (κ2) is 11.2. The van der Waals surface area contributed by atoms with Crippen LogP contribution in [0, 0.1) is 6.92 Å². The van der Waals surface area contributed by atoms with Crippen LogP contribution in [0.25, 0.3) is 0 Å². The molecule has 0 saturated carbocycles. The van der Waals surface area contributed by atoms with E-state index in [0.717, 1.165) is 31.3 Å². The maximum absolute atomic E-state index is 5.05. The Kier molecular flexibility index (Phi) is 8.65. The first-order valence-electron chi connectivity index (χ1n) is 9.45. The lowest BCUT2D eigenvalue weighted by molar-refractivity contribution is 0.211. The molecule has 2 rings (SSSR count). The van der Waals surface area contributed by atoms with Crippen LogP contribution in [-0.2, 0) is 11.3 Å². The van der Waals surface area contributed by atoms with Gasteiger partial charge < -0.3 is 20.7 Å². The highest BCUT2D eigenvalue weighted by Gasteiger charge is 2.06. The van der Waals surface area contributed by atoms with Crippen LogP contribution in [0.1, 0.15) is 29.5 Å². The molecule has 2 aromatic rings. The smallest absolute Gasteiger partial charge is 0.191 e. The highest BCUT2D eigenvalue weighted by atomic mass is 16.5. The van der Waals surface area contributed by atoms with Gasteiger partial charge in [-0.2, -0.15) is 0 Å². The number of nitrogens with one attached hydrogen (secondary N) is 3. The van der Waals surface area contributed by atoms with Gasteiger partial charge in [-0.15, -0.1) is 0 Å². The standard InChI is InChI=1S/C22H32N4O/c1-17-5-9-20(10-6-17)18(2)15-25-22(23-3)26-16-19-7-11-21(12-8-19)24-13-14-27-4/h5-12,18,24H,13-16H2,1-4H3,(H2,23,25,26). The van der Waals surface area contributed by atoms with E-state index in [-0.39, 0.29) is 0 Å². The Hall–Kier alpha value is -2.53. The Bertz CT molecular complexity index is 695. The van der Waals surface area contributed by atoms with E-state index in [1.807, 2.05) is 0 Å². The summed E-state index contributed by atoms with van der Waals surface area (Å²) in [5, 5.41) is 10.1. The molecule has 5 heteroatoms. The number of hydrogen-bond donors (Lipinski definition) is 3. The summed E-state index contributed by atoms with van der Waals surface area (Å²) in [6.45, 7) is 7.42. The molecule has 0 amide bonds. The molecule has 3 N–H and O–H groups in total. The molecule has 0 aliphatic carbocycles. The van der Waals surface area contributed by atoms with Gasteiger partial charge in [0.1, 0.15) is 0 Å². The second-order valence-electron chi connectivity index (χ2n) is 6.73. The predicted octanol–water partition coefficient (Wildman–Crippen LogP) is 3.52. The van der Waals surface area contributed by atoms with Crippen LogP contribution >= 0.6 is 0 Å². The average molecular weight is 369 g/mol. The van der Waals surface area contributed by atoms with Crippen molar-refractivity contribution in [2.75, 3.05) is 39.2 Å². The van der Waals surface area contributed by atoms with E-state index < -0.39 is 0 Å². The average Bonchev–Trinajstić information content (AvgIpc) is 2.69. The van der Waals surface area contributed by atoms with Crippen molar-refractivity contribution < 1.29 is 4.74 Å². The van der Waals surface area contributed by atoms with E-state index in [0.29, 0.717) is 12.5 Å². The van der Waals surface area contributed by atoms with E-state index in [1.165, 1.54) is 16.7 Å². The van der Waals surface area contributed by atoms with Gasteiger partial charge in [0.15, 0.2) is 5.96 Å². The fourth-order valence-electron chi connectivity index (χ4n) is 2.71. The van der Waals surface area contributed by atoms with E-state index in [9.17, 15) is 0 Å². The third-order valence-electron chi connectivity index (χ3n) is 4.49. The Morgan fingerprint density at radius 1 is 1.04 bits per heavy atom. The number of ether oxygens (including phenoxy) is 1. The molecule has 0 radical (unpaired) electrons. The minimum absolute atomic E-state index is 0.418. The van der Waals surface area contributed by atoms with Crippen molar-refractivity contribution in [3.05, 3.63) is 65.2 Å². The molecule has 0 spiro atoms. The third kappa shape index (κ3) is 7.31. The Morgan fingerprint density at radius 3 is 2.37 bits per heavy atom. The van der Waals surface area contributed by atoms with Gasteiger partial charge in [0, 0.05) is 39.5 Å². The maximum Gasteiger partial charge on any atom is 0.191 e. The highest BCUT2D eigenvalue weighted by molar-refractivity contribution is 5.79. The summed E-state index contributed by atoms with van der Waals surface area (Å²) in [5.74, 6) is 1.23. The molecular formula is C22H32N4O. The summed E-state index contributed by atoms with van der Waals surface area (Å²) >= 11 is 0. The fourth-order valence-corrected chi connectivity index (χ4v) is 2.71. The van der Waals surface area contributed by atoms with Gasteiger partial charge in [0.25, 0.3) is 0 Å². The van der Waals surface area contributed by atoms with Crippen LogP contribution in [0.15, 0.2) is 53.5 Å². The first-order valence-corrected chi connectivity index (χ1v) is 9.45. The van der Waals surface area contributed by atoms with Crippen LogP contribution < -0.4 is 16.0 Å². The van der Waals surface area contributed by atoms with E-state index >= 15 is 0 Å². The van der Waals surface area contributed by atoms with E-state index in [4.69, 9.17) is 4.74 Å². The Labute approximate surface area is 163 Å². The summed E-state index contributed by atoms with van der Waals surface area (Å²) in [7, 11) is 3.51. The van der Waals surface area contributed by atoms with Gasteiger partial charge in [-0.1, -0.05) is 48.9 Å². The van der Waals surface area contributed by atoms with Crippen LogP contribution in [-0.4, -0.2) is 39.8 Å². The van der Waals surface area contributed by atoms with E-state index in [1.54, 1.807) is 14.2 Å². The molecule has 2 aromatic carbocycles. The van der Waals surface area contributed by atoms with Crippen molar-refractivity contribution in [2.24, 2.45) is 4.99 Å². The molecule has 0 fully saturated rings. The molecule has 0 aliphatic rings. The third-order valence-corrected chi connectivity index (χ3v) is 4.49. The fraction of sp³-hybridized carbons (Fsp3) is 0.409. The second-order valence-corrected chi connectivity index (χ2v) is 6.73. The molecule has 0 aliphatic heterocycles. The monoisotopic (exact) mass is 368 g/mol. The normalized spacial score (nSPS) is 12.5. The van der Waals surface area contributed by atoms with Gasteiger partial charge >= 0.3 is 0 Å². The topological polar surface area (TPSA) is 57.7 Å². The van der Waals surface area contributed by atoms with Gasteiger partial charge in [0.05, 0.1) is 6.61 Å². The number of methoxy groups -OCH3 is 1. The van der Waals surface area contributed by atoms with Gasteiger partial charge in [0.2, 0.25) is 0 Å². The Balaban J connectivity index is 1.77. The zero-order chi connectivity index (χ0) is 19.5. The maximum atomic E-state index is 5.05. The lowest BCUT2D eigenvalue weighted by Crippen LogP contribution is -2.38. The van der Waals surface area contributed by atoms with Gasteiger partial charge in [-0.25, -0.2) is 0 Å². The Morgan fingerprint density at radius 2 is 1.74 bits per heavy atom. The summed E-state index contributed by atoms with van der Waals surface area (Å²) < 4.78 is 5.05. The lowest BCUT2D eigenvalue weighted by atomic mass is 10.0. The van der Waals surface area contributed by atoms with Crippen LogP contribution in [0.5, 0.6) is 0 Å². The van der Waals surface area contributed by atoms with Crippen molar-refractivity contribution in [2.45, 2.75) is 26.3 Å². The molecule has 0 heterocycles. The van der Waals surface area contributed by atoms with Crippen molar-refractivity contribution in [1.82, 2.24) is 10.6 Å². The summed E-state index contributed by atoms with van der Waals surface area (Å²) in [6, 6.07) is 17.1. The molecule has 27 heavy (non-hydrogen) atoms. The van der Waals surface area contributed by atoms with Crippen molar-refractivity contribution >= 4 is 11.6 Å². The molecule has 0 bridgehead atoms. The highest BCUT2D eigenvalue weighted by Crippen LogP contribution is 2.14. The molecule has 5 nitrogen and oxygen atoms in total. The summed E-state index contributed by atoms with van der Waals surface area (Å²) in [6.07, 6.45) is 0. The lowest BCUT2D eigenvalue weighted by Gasteiger charge is -2.17. The molecule has 1 atom stereocenters. The van der Waals surface area contributed by atoms with Gasteiger partial charge in [-0.05, 0) is 36.1 Å². The molecule has 0 saturated heterocycles. The molecule has 0 aromatic heterocycles. The predicted molar refractivity (Wildman–Crippen MR) is 115 cm³/mol. The number of aliphatic imine (C=N–C) groups is 1. The first-order chi connectivity index (χ1) is 13.1. The van der Waals surface area contributed by atoms with Crippen molar-refractivity contribution in [1.29, 1.82) is 0 Å². The largest absolute Gasteiger partial charge is 0.383 e. The van der Waals surface area contributed by atoms with Gasteiger partial charge in [-0.3, -0.25) is 4.99 Å². The number of guanidine groups is 1. The quantitative estimate of drug-likeness (QED) is 0.360. The number of hydrogen-bond acceptors (Lipinski definition) is 3. The zero-order valence-corrected chi connectivity index (χ0v) is 16.9. The summed E-state index contributed by atoms with van der Waals surface area (Å²) in [4.78, 5) is 4.32. The zero-order valence-electron chi connectivity index (χ0n) is 16.9. The van der Waals surface area contributed by atoms with Crippen molar-refractivity contribution in [3.63, 3.8) is 0 Å². The molecule has 146 valence electrons. The summed E-state index contributed by atoms with van der Waals surface area (Å²) in [5.41, 5.74) is 4.93.